The molecule has 2 heterocycles. The molecule has 3 nitrogen and oxygen atoms in total. The molecule has 0 aliphatic carbocycles. The average molecular weight is 625 g/mol. The molecule has 0 aliphatic heterocycles. The first-order valence-corrected chi connectivity index (χ1v) is 16.6. The highest BCUT2D eigenvalue weighted by atomic mass is 16.3. The Morgan fingerprint density at radius 2 is 1.02 bits per heavy atom. The van der Waals surface area contributed by atoms with E-state index < -0.39 is 0 Å². The van der Waals surface area contributed by atoms with Crippen LogP contribution in [0.25, 0.3) is 99.3 Å². The van der Waals surface area contributed by atoms with E-state index in [1.54, 1.807) is 0 Å². The molecule has 10 aromatic rings. The van der Waals surface area contributed by atoms with E-state index >= 15 is 0 Å². The van der Waals surface area contributed by atoms with Crippen LogP contribution in [0.2, 0.25) is 0 Å². The highest BCUT2D eigenvalue weighted by molar-refractivity contribution is 6.22. The first kappa shape index (κ1) is 27.5. The lowest BCUT2D eigenvalue weighted by Crippen LogP contribution is -1.97. The molecule has 0 unspecified atom stereocenters. The number of furan rings is 1. The second-order valence-electron chi connectivity index (χ2n) is 12.5. The number of rotatable bonds is 4. The minimum absolute atomic E-state index is 0.686. The predicted molar refractivity (Wildman–Crippen MR) is 204 cm³/mol. The van der Waals surface area contributed by atoms with Gasteiger partial charge >= 0.3 is 0 Å². The first-order valence-electron chi connectivity index (χ1n) is 16.6. The number of nitrogens with zero attached hydrogens (tertiary/aromatic N) is 2. The molecule has 0 atom stereocenters. The van der Waals surface area contributed by atoms with E-state index in [9.17, 15) is 0 Å². The van der Waals surface area contributed by atoms with Crippen LogP contribution in [0.5, 0.6) is 0 Å². The summed E-state index contributed by atoms with van der Waals surface area (Å²) in [6, 6.07) is 59.6. The molecule has 49 heavy (non-hydrogen) atoms. The van der Waals surface area contributed by atoms with Gasteiger partial charge in [0, 0.05) is 32.8 Å². The topological polar surface area (TPSA) is 38.9 Å². The van der Waals surface area contributed by atoms with E-state index in [4.69, 9.17) is 14.4 Å². The Hall–Kier alpha value is -6.58. The average Bonchev–Trinajstić information content (AvgIpc) is 3.56. The van der Waals surface area contributed by atoms with Crippen LogP contribution < -0.4 is 0 Å². The smallest absolute Gasteiger partial charge is 0.160 e. The van der Waals surface area contributed by atoms with Gasteiger partial charge < -0.3 is 4.42 Å². The van der Waals surface area contributed by atoms with Gasteiger partial charge in [0.15, 0.2) is 5.82 Å². The third kappa shape index (κ3) is 4.51. The van der Waals surface area contributed by atoms with E-state index in [1.807, 2.05) is 0 Å². The number of fused-ring (bicyclic) bond motifs is 7. The molecule has 0 saturated heterocycles. The van der Waals surface area contributed by atoms with E-state index in [0.29, 0.717) is 5.82 Å². The lowest BCUT2D eigenvalue weighted by atomic mass is 9.94. The number of benzene rings is 8. The largest absolute Gasteiger partial charge is 0.455 e. The Labute approximate surface area is 282 Å². The summed E-state index contributed by atoms with van der Waals surface area (Å²) in [4.78, 5) is 10.6. The van der Waals surface area contributed by atoms with Crippen molar-refractivity contribution in [3.8, 4) is 45.0 Å². The van der Waals surface area contributed by atoms with Gasteiger partial charge in [0.2, 0.25) is 0 Å². The highest BCUT2D eigenvalue weighted by Gasteiger charge is 2.20. The molecule has 228 valence electrons. The van der Waals surface area contributed by atoms with E-state index in [-0.39, 0.29) is 0 Å². The van der Waals surface area contributed by atoms with Crippen molar-refractivity contribution < 1.29 is 4.42 Å². The Morgan fingerprint density at radius 1 is 0.367 bits per heavy atom. The van der Waals surface area contributed by atoms with Crippen LogP contribution in [0.1, 0.15) is 0 Å². The zero-order chi connectivity index (χ0) is 32.3. The molecule has 0 bridgehead atoms. The van der Waals surface area contributed by atoms with Gasteiger partial charge in [-0.3, -0.25) is 0 Å². The van der Waals surface area contributed by atoms with Crippen molar-refractivity contribution in [3.63, 3.8) is 0 Å². The second kappa shape index (κ2) is 11.0. The maximum absolute atomic E-state index is 6.71. The van der Waals surface area contributed by atoms with Crippen molar-refractivity contribution >= 4 is 54.3 Å². The zero-order valence-corrected chi connectivity index (χ0v) is 26.5. The third-order valence-corrected chi connectivity index (χ3v) is 9.66. The molecule has 0 spiro atoms. The first-order chi connectivity index (χ1) is 24.3. The summed E-state index contributed by atoms with van der Waals surface area (Å²) in [5.41, 5.74) is 8.86. The summed E-state index contributed by atoms with van der Waals surface area (Å²) in [5, 5.41) is 9.06. The van der Waals surface area contributed by atoms with Gasteiger partial charge in [0.25, 0.3) is 0 Å². The number of hydrogen-bond donors (Lipinski definition) is 0. The number of aromatic nitrogens is 2. The fourth-order valence-corrected chi connectivity index (χ4v) is 7.35. The quantitative estimate of drug-likeness (QED) is 0.196. The van der Waals surface area contributed by atoms with E-state index in [0.717, 1.165) is 66.2 Å². The molecule has 3 heteroatoms. The second-order valence-corrected chi connectivity index (χ2v) is 12.5. The van der Waals surface area contributed by atoms with Gasteiger partial charge in [-0.25, -0.2) is 9.97 Å². The molecular weight excluding hydrogens is 597 g/mol. The van der Waals surface area contributed by atoms with Crippen LogP contribution >= 0.6 is 0 Å². The van der Waals surface area contributed by atoms with Gasteiger partial charge in [0.05, 0.1) is 11.4 Å². The molecule has 2 aromatic heterocycles. The van der Waals surface area contributed by atoms with Crippen LogP contribution in [0.4, 0.5) is 0 Å². The summed E-state index contributed by atoms with van der Waals surface area (Å²) in [7, 11) is 0. The molecule has 10 rings (SSSR count). The van der Waals surface area contributed by atoms with Crippen LogP contribution in [0.15, 0.2) is 174 Å². The Bertz CT molecular complexity index is 2880. The molecule has 0 amide bonds. The molecule has 0 N–H and O–H groups in total. The lowest BCUT2D eigenvalue weighted by molar-refractivity contribution is 0.673. The van der Waals surface area contributed by atoms with Crippen LogP contribution in [0, 0.1) is 0 Å². The summed E-state index contributed by atoms with van der Waals surface area (Å²) in [5.74, 6) is 0.686. The fourth-order valence-electron chi connectivity index (χ4n) is 7.35. The predicted octanol–water partition coefficient (Wildman–Crippen LogP) is 12.5. The van der Waals surface area contributed by atoms with Gasteiger partial charge in [-0.05, 0) is 62.3 Å². The third-order valence-electron chi connectivity index (χ3n) is 9.66. The minimum atomic E-state index is 0.686. The van der Waals surface area contributed by atoms with Crippen molar-refractivity contribution in [2.75, 3.05) is 0 Å². The Kier molecular flexibility index (Phi) is 6.18. The van der Waals surface area contributed by atoms with Crippen LogP contribution in [0.3, 0.4) is 0 Å². The van der Waals surface area contributed by atoms with Gasteiger partial charge in [-0.2, -0.15) is 0 Å². The zero-order valence-electron chi connectivity index (χ0n) is 26.5. The van der Waals surface area contributed by atoms with Crippen molar-refractivity contribution in [3.05, 3.63) is 170 Å². The van der Waals surface area contributed by atoms with Crippen LogP contribution in [-0.2, 0) is 0 Å². The maximum atomic E-state index is 6.71. The molecule has 0 fully saturated rings. The summed E-state index contributed by atoms with van der Waals surface area (Å²) >= 11 is 0. The van der Waals surface area contributed by atoms with Gasteiger partial charge in [0.1, 0.15) is 11.2 Å². The number of hydrogen-bond acceptors (Lipinski definition) is 3. The van der Waals surface area contributed by atoms with Crippen molar-refractivity contribution in [2.45, 2.75) is 0 Å². The molecule has 0 aliphatic rings. The lowest BCUT2D eigenvalue weighted by Gasteiger charge is -2.12. The van der Waals surface area contributed by atoms with E-state index in [2.05, 4.69) is 170 Å². The Morgan fingerprint density at radius 3 is 1.88 bits per heavy atom. The van der Waals surface area contributed by atoms with Gasteiger partial charge in [-0.1, -0.05) is 146 Å². The molecule has 8 aromatic carbocycles. The molecular formula is C46H28N2O. The Balaban J connectivity index is 1.28. The fraction of sp³-hybridized carbons (Fsp3) is 0. The van der Waals surface area contributed by atoms with Crippen LogP contribution in [-0.4, -0.2) is 9.97 Å². The van der Waals surface area contributed by atoms with Crippen molar-refractivity contribution in [1.29, 1.82) is 0 Å². The standard InChI is InChI=1S/C46H28N2O/c1-2-13-31(14-3-1)39-27-40-44-38(22-11-23-43(44)49-45(40)37-20-9-8-19-35(37)39)42-28-41(36-21-10-17-30-15-6-7-18-34(30)36)47-46(48-42)33-25-24-29-12-4-5-16-32(29)26-33/h1-28H. The summed E-state index contributed by atoms with van der Waals surface area (Å²) in [6.07, 6.45) is 0. The summed E-state index contributed by atoms with van der Waals surface area (Å²) < 4.78 is 6.71. The molecule has 0 saturated carbocycles. The van der Waals surface area contributed by atoms with Gasteiger partial charge in [-0.15, -0.1) is 0 Å². The summed E-state index contributed by atoms with van der Waals surface area (Å²) in [6.45, 7) is 0. The normalized spacial score (nSPS) is 11.7. The monoisotopic (exact) mass is 624 g/mol. The maximum Gasteiger partial charge on any atom is 0.160 e. The van der Waals surface area contributed by atoms with Crippen molar-refractivity contribution in [1.82, 2.24) is 9.97 Å². The SMILES string of the molecule is c1ccc(-c2cc3c(oc4cccc(-c5cc(-c6cccc7ccccc67)nc(-c6ccc7ccccc7c6)n5)c43)c3ccccc23)cc1. The van der Waals surface area contributed by atoms with Crippen molar-refractivity contribution in [2.24, 2.45) is 0 Å². The van der Waals surface area contributed by atoms with E-state index in [1.165, 1.54) is 27.3 Å². The minimum Gasteiger partial charge on any atom is -0.455 e. The highest BCUT2D eigenvalue weighted by Crippen LogP contribution is 2.43. The molecule has 0 radical (unpaired) electrons.